The number of hydrogen-bond donors (Lipinski definition) is 2. The summed E-state index contributed by atoms with van der Waals surface area (Å²) in [6.07, 6.45) is 1.98. The van der Waals surface area contributed by atoms with E-state index in [0.717, 1.165) is 10.6 Å². The fourth-order valence-corrected chi connectivity index (χ4v) is 2.44. The van der Waals surface area contributed by atoms with E-state index in [-0.39, 0.29) is 22.2 Å². The molecule has 0 radical (unpaired) electrons. The molecule has 0 aliphatic carbocycles. The number of carbonyl (C=O) groups excluding carboxylic acids is 1. The summed E-state index contributed by atoms with van der Waals surface area (Å²) in [4.78, 5) is 17.0. The zero-order valence-electron chi connectivity index (χ0n) is 11.5. The molecule has 3 N–H and O–H groups in total. The minimum Gasteiger partial charge on any atom is -0.465 e. The second-order valence-corrected chi connectivity index (χ2v) is 5.37. The number of halogens is 1. The van der Waals surface area contributed by atoms with Crippen LogP contribution in [0.5, 0.6) is 0 Å². The highest BCUT2D eigenvalue weighted by Gasteiger charge is 2.18. The summed E-state index contributed by atoms with van der Waals surface area (Å²) < 4.78 is 4.73. The van der Waals surface area contributed by atoms with Crippen LogP contribution in [0.2, 0.25) is 5.15 Å². The molecule has 110 valence electrons. The molecule has 0 spiro atoms. The maximum absolute atomic E-state index is 11.9. The Morgan fingerprint density at radius 1 is 1.43 bits per heavy atom. The van der Waals surface area contributed by atoms with Crippen LogP contribution in [-0.4, -0.2) is 24.3 Å². The van der Waals surface area contributed by atoms with Crippen molar-refractivity contribution in [3.8, 4) is 0 Å². The van der Waals surface area contributed by atoms with E-state index in [2.05, 4.69) is 10.3 Å². The molecule has 2 aromatic rings. The van der Waals surface area contributed by atoms with Crippen molar-refractivity contribution in [2.45, 2.75) is 4.90 Å². The van der Waals surface area contributed by atoms with Crippen molar-refractivity contribution in [3.63, 3.8) is 0 Å². The van der Waals surface area contributed by atoms with Crippen LogP contribution in [0.4, 0.5) is 17.2 Å². The lowest BCUT2D eigenvalue weighted by Crippen LogP contribution is -2.11. The van der Waals surface area contributed by atoms with Crippen molar-refractivity contribution in [3.05, 3.63) is 41.0 Å². The lowest BCUT2D eigenvalue weighted by Gasteiger charge is -2.13. The standard InChI is InChI=1S/C14H14ClN3O2S/c1-20-14(19)12-10(16)7-11(15)18-13(12)17-8-4-3-5-9(6-8)21-2/h3-7H,1-2H3,(H3,16,17,18). The number of methoxy groups -OCH3 is 1. The highest BCUT2D eigenvalue weighted by atomic mass is 35.5. The number of hydrogen-bond acceptors (Lipinski definition) is 6. The van der Waals surface area contributed by atoms with Gasteiger partial charge in [-0.25, -0.2) is 9.78 Å². The molecule has 1 aromatic carbocycles. The highest BCUT2D eigenvalue weighted by molar-refractivity contribution is 7.98. The summed E-state index contributed by atoms with van der Waals surface area (Å²) >= 11 is 7.52. The average Bonchev–Trinajstić information content (AvgIpc) is 2.46. The third-order valence-electron chi connectivity index (χ3n) is 2.74. The molecule has 0 aliphatic rings. The lowest BCUT2D eigenvalue weighted by atomic mass is 10.2. The molecule has 5 nitrogen and oxygen atoms in total. The zero-order valence-corrected chi connectivity index (χ0v) is 13.1. The summed E-state index contributed by atoms with van der Waals surface area (Å²) in [5, 5.41) is 3.25. The fourth-order valence-electron chi connectivity index (χ4n) is 1.78. The third-order valence-corrected chi connectivity index (χ3v) is 3.66. The highest BCUT2D eigenvalue weighted by Crippen LogP contribution is 2.28. The summed E-state index contributed by atoms with van der Waals surface area (Å²) in [6, 6.07) is 9.10. The number of ether oxygens (including phenoxy) is 1. The van der Waals surface area contributed by atoms with E-state index < -0.39 is 5.97 Å². The van der Waals surface area contributed by atoms with Gasteiger partial charge in [-0.05, 0) is 30.5 Å². The summed E-state index contributed by atoms with van der Waals surface area (Å²) in [6.45, 7) is 0. The number of rotatable bonds is 4. The smallest absolute Gasteiger partial charge is 0.343 e. The van der Waals surface area contributed by atoms with Crippen LogP contribution in [0.3, 0.4) is 0 Å². The van der Waals surface area contributed by atoms with Gasteiger partial charge in [-0.15, -0.1) is 11.8 Å². The third kappa shape index (κ3) is 3.59. The summed E-state index contributed by atoms with van der Waals surface area (Å²) in [5.74, 6) is -0.301. The Bertz CT molecular complexity index is 679. The summed E-state index contributed by atoms with van der Waals surface area (Å²) in [7, 11) is 1.29. The van der Waals surface area contributed by atoms with Crippen molar-refractivity contribution in [2.24, 2.45) is 0 Å². The predicted molar refractivity (Wildman–Crippen MR) is 86.5 cm³/mol. The molecule has 7 heteroatoms. The van der Waals surface area contributed by atoms with E-state index in [1.165, 1.54) is 13.2 Å². The first-order valence-corrected chi connectivity index (χ1v) is 7.61. The number of anilines is 3. The Morgan fingerprint density at radius 2 is 2.19 bits per heavy atom. The van der Waals surface area contributed by atoms with Gasteiger partial charge in [0.05, 0.1) is 12.8 Å². The molecule has 1 aromatic heterocycles. The largest absolute Gasteiger partial charge is 0.465 e. The van der Waals surface area contributed by atoms with Crippen molar-refractivity contribution in [1.29, 1.82) is 0 Å². The first-order chi connectivity index (χ1) is 10.0. The number of esters is 1. The molecule has 0 bridgehead atoms. The number of aromatic nitrogens is 1. The molecule has 0 atom stereocenters. The van der Waals surface area contributed by atoms with Crippen molar-refractivity contribution in [2.75, 3.05) is 24.4 Å². The number of carbonyl (C=O) groups is 1. The maximum atomic E-state index is 11.9. The fraction of sp³-hybridized carbons (Fsp3) is 0.143. The number of thioether (sulfide) groups is 1. The second kappa shape index (κ2) is 6.69. The van der Waals surface area contributed by atoms with E-state index >= 15 is 0 Å². The van der Waals surface area contributed by atoms with Crippen LogP contribution in [0.1, 0.15) is 10.4 Å². The second-order valence-electron chi connectivity index (χ2n) is 4.11. The van der Waals surface area contributed by atoms with Crippen LogP contribution < -0.4 is 11.1 Å². The zero-order chi connectivity index (χ0) is 15.4. The number of nitrogens with zero attached hydrogens (tertiary/aromatic N) is 1. The Hall–Kier alpha value is -1.92. The van der Waals surface area contributed by atoms with Gasteiger partial charge in [-0.3, -0.25) is 0 Å². The Balaban J connectivity index is 2.44. The number of nitrogen functional groups attached to an aromatic ring is 1. The minimum atomic E-state index is -0.569. The number of nitrogens with one attached hydrogen (secondary N) is 1. The molecule has 0 fully saturated rings. The van der Waals surface area contributed by atoms with E-state index in [1.54, 1.807) is 11.8 Å². The van der Waals surface area contributed by atoms with Crippen molar-refractivity contribution >= 4 is 46.5 Å². The van der Waals surface area contributed by atoms with Gasteiger partial charge >= 0.3 is 5.97 Å². The minimum absolute atomic E-state index is 0.163. The Labute approximate surface area is 131 Å². The molecule has 1 heterocycles. The number of nitrogens with two attached hydrogens (primary N) is 1. The van der Waals surface area contributed by atoms with Gasteiger partial charge in [0.1, 0.15) is 16.5 Å². The van der Waals surface area contributed by atoms with E-state index in [1.807, 2.05) is 30.5 Å². The van der Waals surface area contributed by atoms with Gasteiger partial charge in [0.15, 0.2) is 0 Å². The average molecular weight is 324 g/mol. The maximum Gasteiger partial charge on any atom is 0.343 e. The molecule has 0 unspecified atom stereocenters. The first-order valence-electron chi connectivity index (χ1n) is 6.00. The van der Waals surface area contributed by atoms with Gasteiger partial charge in [-0.1, -0.05) is 17.7 Å². The summed E-state index contributed by atoms with van der Waals surface area (Å²) in [5.41, 5.74) is 6.99. The van der Waals surface area contributed by atoms with Crippen LogP contribution in [0.15, 0.2) is 35.2 Å². The van der Waals surface area contributed by atoms with E-state index in [4.69, 9.17) is 22.1 Å². The van der Waals surface area contributed by atoms with Gasteiger partial charge in [0, 0.05) is 10.6 Å². The predicted octanol–water partition coefficient (Wildman–Crippen LogP) is 3.57. The van der Waals surface area contributed by atoms with Crippen LogP contribution >= 0.6 is 23.4 Å². The van der Waals surface area contributed by atoms with Gasteiger partial charge < -0.3 is 15.8 Å². The molecule has 0 amide bonds. The molecule has 2 rings (SSSR count). The van der Waals surface area contributed by atoms with Crippen LogP contribution in [0.25, 0.3) is 0 Å². The van der Waals surface area contributed by atoms with Gasteiger partial charge in [0.2, 0.25) is 0 Å². The van der Waals surface area contributed by atoms with E-state index in [0.29, 0.717) is 0 Å². The van der Waals surface area contributed by atoms with Crippen molar-refractivity contribution in [1.82, 2.24) is 4.98 Å². The molecular formula is C14H14ClN3O2S. The number of benzene rings is 1. The molecule has 0 aliphatic heterocycles. The SMILES string of the molecule is COC(=O)c1c(N)cc(Cl)nc1Nc1cccc(SC)c1. The first kappa shape index (κ1) is 15.5. The van der Waals surface area contributed by atoms with Crippen molar-refractivity contribution < 1.29 is 9.53 Å². The topological polar surface area (TPSA) is 77.2 Å². The van der Waals surface area contributed by atoms with Crippen LogP contribution in [-0.2, 0) is 4.74 Å². The van der Waals surface area contributed by atoms with E-state index in [9.17, 15) is 4.79 Å². The normalized spacial score (nSPS) is 10.2. The Morgan fingerprint density at radius 3 is 2.86 bits per heavy atom. The van der Waals surface area contributed by atoms with Crippen LogP contribution in [0, 0.1) is 0 Å². The monoisotopic (exact) mass is 323 g/mol. The molecule has 0 saturated heterocycles. The molecule has 0 saturated carbocycles. The lowest BCUT2D eigenvalue weighted by molar-refractivity contribution is 0.0603. The molecular weight excluding hydrogens is 310 g/mol. The van der Waals surface area contributed by atoms with Gasteiger partial charge in [0.25, 0.3) is 0 Å². The Kier molecular flexibility index (Phi) is 4.93. The number of pyridine rings is 1. The van der Waals surface area contributed by atoms with Gasteiger partial charge in [-0.2, -0.15) is 0 Å². The molecule has 21 heavy (non-hydrogen) atoms. The quantitative estimate of drug-likeness (QED) is 0.509.